The Balaban J connectivity index is 1.89. The number of benzene rings is 1. The number of carbonyl (C=O) groups excluding carboxylic acids is 2. The number of halogens is 1. The minimum absolute atomic E-state index is 0.196. The molecule has 2 aromatic rings. The molecule has 0 bridgehead atoms. The van der Waals surface area contributed by atoms with Crippen LogP contribution in [0.15, 0.2) is 52.2 Å². The third-order valence-corrected chi connectivity index (χ3v) is 7.78. The molecule has 1 N–H and O–H groups in total. The Morgan fingerprint density at radius 1 is 1.18 bits per heavy atom. The number of para-hydroxylation sites is 1. The quantitative estimate of drug-likeness (QED) is 0.315. The Labute approximate surface area is 223 Å². The lowest BCUT2D eigenvalue weighted by molar-refractivity contribution is -0.155. The fraction of sp³-hybridized carbons (Fsp3) is 0.520. The van der Waals surface area contributed by atoms with E-state index in [9.17, 15) is 23.7 Å². The van der Waals surface area contributed by atoms with Crippen LogP contribution in [0.1, 0.15) is 40.8 Å². The molecule has 0 aliphatic carbocycles. The molecule has 2 unspecified atom stereocenters. The second-order valence-electron chi connectivity index (χ2n) is 9.61. The highest BCUT2D eigenvalue weighted by atomic mass is 31.2. The number of H-pyrrole nitrogens is 1. The van der Waals surface area contributed by atoms with E-state index in [2.05, 4.69) is 0 Å². The Bertz CT molecular complexity index is 1330. The molecule has 1 aliphatic rings. The highest BCUT2D eigenvalue weighted by molar-refractivity contribution is 7.54. The second kappa shape index (κ2) is 12.3. The SMILES string of the molecule is CC(=O)O[C@H]1[C@@H](COP(=O)(C[C@@H](C)C(=O)OC(C)C)Oc2ccccc2)O[C@@H](n2ccc(=O)[nH]c2=O)C1(C)F. The van der Waals surface area contributed by atoms with Crippen molar-refractivity contribution in [3.63, 3.8) is 0 Å². The predicted octanol–water partition coefficient (Wildman–Crippen LogP) is 2.97. The van der Waals surface area contributed by atoms with Gasteiger partial charge in [0.25, 0.3) is 5.56 Å². The van der Waals surface area contributed by atoms with Gasteiger partial charge in [-0.1, -0.05) is 25.1 Å². The smallest absolute Gasteiger partial charge is 0.380 e. The number of alkyl halides is 1. The summed E-state index contributed by atoms with van der Waals surface area (Å²) in [6.45, 7) is 6.38. The molecule has 1 fully saturated rings. The molecule has 0 amide bonds. The zero-order valence-electron chi connectivity index (χ0n) is 22.2. The molecule has 14 heteroatoms. The van der Waals surface area contributed by atoms with E-state index in [1.165, 1.54) is 19.1 Å². The summed E-state index contributed by atoms with van der Waals surface area (Å²) in [6.07, 6.45) is -4.31. The van der Waals surface area contributed by atoms with Crippen LogP contribution in [0.25, 0.3) is 0 Å². The molecule has 1 aromatic heterocycles. The Morgan fingerprint density at radius 2 is 1.85 bits per heavy atom. The summed E-state index contributed by atoms with van der Waals surface area (Å²) in [5, 5.41) is 0. The number of esters is 2. The molecule has 0 spiro atoms. The first-order chi connectivity index (χ1) is 18.2. The number of aromatic amines is 1. The highest BCUT2D eigenvalue weighted by Crippen LogP contribution is 2.51. The van der Waals surface area contributed by atoms with Crippen molar-refractivity contribution in [1.82, 2.24) is 9.55 Å². The van der Waals surface area contributed by atoms with Crippen molar-refractivity contribution in [2.45, 2.75) is 64.8 Å². The monoisotopic (exact) mass is 570 g/mol. The van der Waals surface area contributed by atoms with Gasteiger partial charge in [-0.15, -0.1) is 0 Å². The first kappa shape index (κ1) is 30.3. The fourth-order valence-electron chi connectivity index (χ4n) is 4.02. The standard InChI is InChI=1S/C25H32FN2O10P/c1-15(2)35-22(31)16(3)14-39(33,38-18-9-7-6-8-10-18)34-13-19-21(36-17(4)29)25(5,26)23(37-19)28-12-11-20(30)27-24(28)32/h6-12,15-16,19,21,23H,13-14H2,1-5H3,(H,27,30,32)/t16-,19-,21+,23-,25?,39?/m1/s1. The lowest BCUT2D eigenvalue weighted by Gasteiger charge is -2.28. The third-order valence-electron chi connectivity index (χ3n) is 5.75. The number of ether oxygens (including phenoxy) is 3. The maximum absolute atomic E-state index is 16.0. The minimum Gasteiger partial charge on any atom is -0.463 e. The number of nitrogens with zero attached hydrogens (tertiary/aromatic N) is 1. The van der Waals surface area contributed by atoms with Gasteiger partial charge in [-0.25, -0.2) is 13.8 Å². The van der Waals surface area contributed by atoms with Crippen molar-refractivity contribution in [3.8, 4) is 5.75 Å². The molecule has 2 heterocycles. The van der Waals surface area contributed by atoms with Gasteiger partial charge in [-0.05, 0) is 32.9 Å². The Morgan fingerprint density at radius 3 is 2.44 bits per heavy atom. The van der Waals surface area contributed by atoms with E-state index in [-0.39, 0.29) is 11.9 Å². The average molecular weight is 571 g/mol. The fourth-order valence-corrected chi connectivity index (χ4v) is 5.89. The second-order valence-corrected chi connectivity index (χ2v) is 11.6. The zero-order chi connectivity index (χ0) is 29.0. The molecule has 1 aliphatic heterocycles. The normalized spacial score (nSPS) is 25.1. The molecule has 1 aromatic carbocycles. The summed E-state index contributed by atoms with van der Waals surface area (Å²) in [4.78, 5) is 50.1. The number of carbonyl (C=O) groups is 2. The van der Waals surface area contributed by atoms with Crippen LogP contribution < -0.4 is 15.8 Å². The van der Waals surface area contributed by atoms with E-state index >= 15 is 4.39 Å². The van der Waals surface area contributed by atoms with Gasteiger partial charge in [0.05, 0.1) is 24.8 Å². The maximum atomic E-state index is 16.0. The number of aromatic nitrogens is 2. The Hall–Kier alpha value is -3.28. The summed E-state index contributed by atoms with van der Waals surface area (Å²) in [5.41, 5.74) is -4.12. The van der Waals surface area contributed by atoms with Gasteiger partial charge in [-0.3, -0.25) is 28.5 Å². The third kappa shape index (κ3) is 7.65. The topological polar surface area (TPSA) is 152 Å². The van der Waals surface area contributed by atoms with Crippen LogP contribution in [0.4, 0.5) is 4.39 Å². The highest BCUT2D eigenvalue weighted by Gasteiger charge is 2.58. The number of rotatable bonds is 11. The summed E-state index contributed by atoms with van der Waals surface area (Å²) in [5.74, 6) is -2.15. The van der Waals surface area contributed by atoms with Gasteiger partial charge in [0, 0.05) is 19.2 Å². The molecule has 1 saturated heterocycles. The van der Waals surface area contributed by atoms with Gasteiger partial charge in [0.2, 0.25) is 0 Å². The first-order valence-electron chi connectivity index (χ1n) is 12.2. The van der Waals surface area contributed by atoms with Crippen LogP contribution in [0.2, 0.25) is 0 Å². The number of hydrogen-bond donors (Lipinski definition) is 1. The van der Waals surface area contributed by atoms with Gasteiger partial charge in [0.1, 0.15) is 11.9 Å². The van der Waals surface area contributed by atoms with Crippen LogP contribution >= 0.6 is 7.60 Å². The van der Waals surface area contributed by atoms with Crippen LogP contribution in [0, 0.1) is 5.92 Å². The van der Waals surface area contributed by atoms with E-state index in [4.69, 9.17) is 23.3 Å². The van der Waals surface area contributed by atoms with Crippen LogP contribution in [-0.4, -0.2) is 58.2 Å². The lowest BCUT2D eigenvalue weighted by Crippen LogP contribution is -2.45. The van der Waals surface area contributed by atoms with E-state index < -0.39 is 73.5 Å². The summed E-state index contributed by atoms with van der Waals surface area (Å²) >= 11 is 0. The van der Waals surface area contributed by atoms with Gasteiger partial charge in [-0.2, -0.15) is 0 Å². The van der Waals surface area contributed by atoms with Crippen molar-refractivity contribution in [2.75, 3.05) is 12.8 Å². The van der Waals surface area contributed by atoms with Gasteiger partial charge in [0.15, 0.2) is 18.0 Å². The van der Waals surface area contributed by atoms with Crippen molar-refractivity contribution >= 4 is 19.5 Å². The van der Waals surface area contributed by atoms with Gasteiger partial charge >= 0.3 is 25.2 Å². The average Bonchev–Trinajstić information content (AvgIpc) is 3.07. The molecular weight excluding hydrogens is 538 g/mol. The Kier molecular flexibility index (Phi) is 9.52. The zero-order valence-corrected chi connectivity index (χ0v) is 23.1. The van der Waals surface area contributed by atoms with Crippen molar-refractivity contribution in [3.05, 3.63) is 63.4 Å². The van der Waals surface area contributed by atoms with E-state index in [0.29, 0.717) is 0 Å². The summed E-state index contributed by atoms with van der Waals surface area (Å²) in [6, 6.07) is 9.10. The number of nitrogens with one attached hydrogen (secondary N) is 1. The molecule has 3 rings (SSSR count). The van der Waals surface area contributed by atoms with Crippen molar-refractivity contribution in [1.29, 1.82) is 0 Å². The van der Waals surface area contributed by atoms with E-state index in [0.717, 1.165) is 30.7 Å². The molecule has 0 radical (unpaired) electrons. The van der Waals surface area contributed by atoms with Crippen molar-refractivity contribution in [2.24, 2.45) is 5.92 Å². The molecule has 12 nitrogen and oxygen atoms in total. The van der Waals surface area contributed by atoms with Crippen LogP contribution in [-0.2, 0) is 32.9 Å². The van der Waals surface area contributed by atoms with E-state index in [1.54, 1.807) is 32.0 Å². The molecule has 0 saturated carbocycles. The molecule has 39 heavy (non-hydrogen) atoms. The molecular formula is C25H32FN2O10P. The number of hydrogen-bond acceptors (Lipinski definition) is 10. The van der Waals surface area contributed by atoms with E-state index in [1.807, 2.05) is 4.98 Å². The van der Waals surface area contributed by atoms with Crippen molar-refractivity contribution < 1.29 is 41.8 Å². The van der Waals surface area contributed by atoms with Gasteiger partial charge < -0.3 is 18.7 Å². The minimum atomic E-state index is -4.12. The lowest BCUT2D eigenvalue weighted by atomic mass is 9.98. The molecule has 214 valence electrons. The van der Waals surface area contributed by atoms with Crippen LogP contribution in [0.3, 0.4) is 0 Å². The predicted molar refractivity (Wildman–Crippen MR) is 136 cm³/mol. The maximum Gasteiger partial charge on any atom is 0.380 e. The largest absolute Gasteiger partial charge is 0.463 e. The van der Waals surface area contributed by atoms with Crippen LogP contribution in [0.5, 0.6) is 5.75 Å². The summed E-state index contributed by atoms with van der Waals surface area (Å²) < 4.78 is 58.2. The molecule has 6 atom stereocenters. The first-order valence-corrected chi connectivity index (χ1v) is 14.0. The summed E-state index contributed by atoms with van der Waals surface area (Å²) in [7, 11) is -4.12.